The van der Waals surface area contributed by atoms with Crippen LogP contribution in [0.3, 0.4) is 0 Å². The molecule has 0 unspecified atom stereocenters. The molecule has 0 bridgehead atoms. The van der Waals surface area contributed by atoms with Crippen LogP contribution < -0.4 is 10.2 Å². The predicted octanol–water partition coefficient (Wildman–Crippen LogP) is 3.28. The smallest absolute Gasteiger partial charge is 0.284 e. The Morgan fingerprint density at radius 2 is 1.90 bits per heavy atom. The highest BCUT2D eigenvalue weighted by molar-refractivity contribution is 5.79. The molecule has 0 spiro atoms. The van der Waals surface area contributed by atoms with E-state index in [9.17, 15) is 4.79 Å². The summed E-state index contributed by atoms with van der Waals surface area (Å²) >= 11 is 0. The fraction of sp³-hybridized carbons (Fsp3) is 0.562. The van der Waals surface area contributed by atoms with Crippen molar-refractivity contribution in [2.45, 2.75) is 46.6 Å². The van der Waals surface area contributed by atoms with Crippen LogP contribution in [-0.4, -0.2) is 18.6 Å². The zero-order valence-corrected chi connectivity index (χ0v) is 13.0. The number of amides is 1. The molecule has 1 amide bonds. The fourth-order valence-corrected chi connectivity index (χ4v) is 1.57. The quantitative estimate of drug-likeness (QED) is 0.779. The van der Waals surface area contributed by atoms with Gasteiger partial charge in [0, 0.05) is 0 Å². The summed E-state index contributed by atoms with van der Waals surface area (Å²) in [5.41, 5.74) is 3.59. The molecule has 0 aliphatic heterocycles. The van der Waals surface area contributed by atoms with E-state index < -0.39 is 6.10 Å². The molecule has 0 radical (unpaired) electrons. The van der Waals surface area contributed by atoms with Crippen molar-refractivity contribution in [1.82, 2.24) is 5.48 Å². The molecular formula is C16H25NO3. The zero-order valence-electron chi connectivity index (χ0n) is 13.0. The molecule has 0 aromatic heterocycles. The highest BCUT2D eigenvalue weighted by Crippen LogP contribution is 2.20. The molecule has 4 heteroatoms. The number of carbonyl (C=O) groups is 1. The van der Waals surface area contributed by atoms with Crippen LogP contribution in [-0.2, 0) is 9.63 Å². The van der Waals surface area contributed by atoms with Crippen LogP contribution in [0.15, 0.2) is 24.3 Å². The summed E-state index contributed by atoms with van der Waals surface area (Å²) in [5.74, 6) is 1.22. The van der Waals surface area contributed by atoms with E-state index >= 15 is 0 Å². The van der Waals surface area contributed by atoms with Crippen LogP contribution in [0.1, 0.15) is 46.1 Å². The van der Waals surface area contributed by atoms with Crippen molar-refractivity contribution in [3.05, 3.63) is 29.8 Å². The lowest BCUT2D eigenvalue weighted by atomic mass is 10.0. The Balaban J connectivity index is 2.50. The highest BCUT2D eigenvalue weighted by Gasteiger charge is 2.15. The SMILES string of the molecule is CC(C)CONC(=O)[C@@H](C)Oc1cccc(C(C)C)c1. The topological polar surface area (TPSA) is 47.6 Å². The number of hydrogen-bond acceptors (Lipinski definition) is 3. The molecule has 1 N–H and O–H groups in total. The summed E-state index contributed by atoms with van der Waals surface area (Å²) in [7, 11) is 0. The second-order valence-electron chi connectivity index (χ2n) is 5.66. The molecule has 0 aliphatic carbocycles. The van der Waals surface area contributed by atoms with Gasteiger partial charge in [-0.1, -0.05) is 39.8 Å². The fourth-order valence-electron chi connectivity index (χ4n) is 1.57. The number of ether oxygens (including phenoxy) is 1. The zero-order chi connectivity index (χ0) is 15.1. The monoisotopic (exact) mass is 279 g/mol. The minimum atomic E-state index is -0.593. The minimum Gasteiger partial charge on any atom is -0.481 e. The third-order valence-corrected chi connectivity index (χ3v) is 2.80. The molecular weight excluding hydrogens is 254 g/mol. The van der Waals surface area contributed by atoms with Gasteiger partial charge in [-0.25, -0.2) is 5.48 Å². The second-order valence-corrected chi connectivity index (χ2v) is 5.66. The van der Waals surface area contributed by atoms with E-state index in [1.165, 1.54) is 5.56 Å². The Kier molecular flexibility index (Phi) is 6.52. The molecule has 1 aromatic carbocycles. The minimum absolute atomic E-state index is 0.277. The van der Waals surface area contributed by atoms with Gasteiger partial charge < -0.3 is 4.74 Å². The lowest BCUT2D eigenvalue weighted by Crippen LogP contribution is -2.37. The van der Waals surface area contributed by atoms with Crippen LogP contribution in [0.25, 0.3) is 0 Å². The summed E-state index contributed by atoms with van der Waals surface area (Å²) in [5, 5.41) is 0. The van der Waals surface area contributed by atoms with Crippen molar-refractivity contribution >= 4 is 5.91 Å². The van der Waals surface area contributed by atoms with Crippen LogP contribution >= 0.6 is 0 Å². The van der Waals surface area contributed by atoms with Gasteiger partial charge in [0.15, 0.2) is 6.10 Å². The molecule has 20 heavy (non-hydrogen) atoms. The summed E-state index contributed by atoms with van der Waals surface area (Å²) in [6.07, 6.45) is -0.593. The molecule has 0 saturated heterocycles. The Labute approximate surface area is 121 Å². The molecule has 4 nitrogen and oxygen atoms in total. The van der Waals surface area contributed by atoms with E-state index in [1.54, 1.807) is 6.92 Å². The molecule has 0 aliphatic rings. The van der Waals surface area contributed by atoms with Crippen molar-refractivity contribution in [1.29, 1.82) is 0 Å². The number of carbonyl (C=O) groups excluding carboxylic acids is 1. The van der Waals surface area contributed by atoms with E-state index in [4.69, 9.17) is 9.57 Å². The van der Waals surface area contributed by atoms with Gasteiger partial charge in [-0.2, -0.15) is 0 Å². The Morgan fingerprint density at radius 3 is 2.50 bits per heavy atom. The van der Waals surface area contributed by atoms with Gasteiger partial charge in [0.2, 0.25) is 0 Å². The van der Waals surface area contributed by atoms with E-state index in [0.29, 0.717) is 24.2 Å². The van der Waals surface area contributed by atoms with Crippen LogP contribution in [0.4, 0.5) is 0 Å². The van der Waals surface area contributed by atoms with E-state index in [2.05, 4.69) is 19.3 Å². The maximum atomic E-state index is 11.8. The van der Waals surface area contributed by atoms with Gasteiger partial charge in [0.1, 0.15) is 5.75 Å². The first kappa shape index (κ1) is 16.5. The van der Waals surface area contributed by atoms with Crippen molar-refractivity contribution in [2.24, 2.45) is 5.92 Å². The van der Waals surface area contributed by atoms with Gasteiger partial charge in [0.05, 0.1) is 6.61 Å². The Morgan fingerprint density at radius 1 is 1.20 bits per heavy atom. The van der Waals surface area contributed by atoms with E-state index in [0.717, 1.165) is 0 Å². The lowest BCUT2D eigenvalue weighted by molar-refractivity contribution is -0.140. The number of benzene rings is 1. The van der Waals surface area contributed by atoms with Gasteiger partial charge in [-0.05, 0) is 36.5 Å². The maximum Gasteiger partial charge on any atom is 0.284 e. The van der Waals surface area contributed by atoms with Crippen molar-refractivity contribution < 1.29 is 14.4 Å². The molecule has 0 heterocycles. The first-order valence-corrected chi connectivity index (χ1v) is 7.08. The molecule has 112 valence electrons. The van der Waals surface area contributed by atoms with Crippen LogP contribution in [0, 0.1) is 5.92 Å². The number of hydroxylamine groups is 1. The van der Waals surface area contributed by atoms with Crippen LogP contribution in [0.5, 0.6) is 5.75 Å². The molecule has 0 saturated carbocycles. The van der Waals surface area contributed by atoms with Crippen molar-refractivity contribution in [3.63, 3.8) is 0 Å². The average molecular weight is 279 g/mol. The molecule has 1 aromatic rings. The molecule has 1 atom stereocenters. The first-order chi connectivity index (χ1) is 9.40. The van der Waals surface area contributed by atoms with Crippen molar-refractivity contribution in [2.75, 3.05) is 6.61 Å². The van der Waals surface area contributed by atoms with Gasteiger partial charge >= 0.3 is 0 Å². The summed E-state index contributed by atoms with van der Waals surface area (Å²) in [4.78, 5) is 16.9. The summed E-state index contributed by atoms with van der Waals surface area (Å²) < 4.78 is 5.63. The van der Waals surface area contributed by atoms with Crippen molar-refractivity contribution in [3.8, 4) is 5.75 Å². The number of rotatable bonds is 7. The lowest BCUT2D eigenvalue weighted by Gasteiger charge is -2.16. The van der Waals surface area contributed by atoms with Gasteiger partial charge in [-0.3, -0.25) is 9.63 Å². The normalized spacial score (nSPS) is 12.6. The molecule has 1 rings (SSSR count). The third-order valence-electron chi connectivity index (χ3n) is 2.80. The largest absolute Gasteiger partial charge is 0.481 e. The number of hydrogen-bond donors (Lipinski definition) is 1. The van der Waals surface area contributed by atoms with Gasteiger partial charge in [-0.15, -0.1) is 0 Å². The maximum absolute atomic E-state index is 11.8. The van der Waals surface area contributed by atoms with Gasteiger partial charge in [0.25, 0.3) is 5.91 Å². The van der Waals surface area contributed by atoms with E-state index in [1.807, 2.05) is 38.1 Å². The van der Waals surface area contributed by atoms with E-state index in [-0.39, 0.29) is 5.91 Å². The Bertz CT molecular complexity index is 429. The standard InChI is InChI=1S/C16H25NO3/c1-11(2)10-19-17-16(18)13(5)20-15-8-6-7-14(9-15)12(3)4/h6-9,11-13H,10H2,1-5H3,(H,17,18)/t13-/m1/s1. The summed E-state index contributed by atoms with van der Waals surface area (Å²) in [6, 6.07) is 7.80. The summed E-state index contributed by atoms with van der Waals surface area (Å²) in [6.45, 7) is 10.5. The predicted molar refractivity (Wildman–Crippen MR) is 79.6 cm³/mol. The first-order valence-electron chi connectivity index (χ1n) is 7.08. The Hall–Kier alpha value is -1.55. The molecule has 0 fully saturated rings. The third kappa shape index (κ3) is 5.61. The second kappa shape index (κ2) is 7.90. The number of nitrogens with one attached hydrogen (secondary N) is 1. The van der Waals surface area contributed by atoms with Crippen LogP contribution in [0.2, 0.25) is 0 Å². The highest BCUT2D eigenvalue weighted by atomic mass is 16.7. The average Bonchev–Trinajstić information content (AvgIpc) is 2.38.